The Morgan fingerprint density at radius 1 is 1.15 bits per heavy atom. The summed E-state index contributed by atoms with van der Waals surface area (Å²) in [5, 5.41) is 2.55. The molecule has 0 aliphatic heterocycles. The fraction of sp³-hybridized carbons (Fsp3) is 0.176. The molecule has 138 valence electrons. The molecule has 2 aromatic carbocycles. The van der Waals surface area contributed by atoms with Crippen molar-refractivity contribution < 1.29 is 22.4 Å². The molecule has 2 rings (SSSR count). The molecule has 0 spiro atoms. The van der Waals surface area contributed by atoms with Gasteiger partial charge in [-0.15, -0.1) is 0 Å². The van der Waals surface area contributed by atoms with Crippen LogP contribution < -0.4 is 5.32 Å². The highest BCUT2D eigenvalue weighted by atomic mass is 35.5. The van der Waals surface area contributed by atoms with E-state index in [0.717, 1.165) is 11.2 Å². The molecule has 0 aromatic heterocycles. The van der Waals surface area contributed by atoms with Gasteiger partial charge in [-0.1, -0.05) is 11.6 Å². The maximum atomic E-state index is 12.9. The number of sulfone groups is 1. The fourth-order valence-electron chi connectivity index (χ4n) is 2.16. The zero-order chi connectivity index (χ0) is 19.5. The van der Waals surface area contributed by atoms with Crippen LogP contribution in [0.15, 0.2) is 47.4 Å². The maximum Gasteiger partial charge on any atom is 0.254 e. The third-order valence-electron chi connectivity index (χ3n) is 3.43. The van der Waals surface area contributed by atoms with Crippen molar-refractivity contribution >= 4 is 38.9 Å². The largest absolute Gasteiger partial charge is 0.332 e. The van der Waals surface area contributed by atoms with Crippen molar-refractivity contribution in [2.24, 2.45) is 0 Å². The number of nitrogens with zero attached hydrogens (tertiary/aromatic N) is 1. The lowest BCUT2D eigenvalue weighted by molar-refractivity contribution is -0.116. The summed E-state index contributed by atoms with van der Waals surface area (Å²) >= 11 is 5.86. The van der Waals surface area contributed by atoms with Crippen LogP contribution in [0.1, 0.15) is 10.4 Å². The first-order chi connectivity index (χ1) is 12.1. The van der Waals surface area contributed by atoms with Gasteiger partial charge in [0.1, 0.15) is 5.82 Å². The summed E-state index contributed by atoms with van der Waals surface area (Å²) in [5.41, 5.74) is 0.481. The van der Waals surface area contributed by atoms with Crippen molar-refractivity contribution in [3.8, 4) is 0 Å². The summed E-state index contributed by atoms with van der Waals surface area (Å²) in [4.78, 5) is 25.4. The average Bonchev–Trinajstić information content (AvgIpc) is 2.55. The van der Waals surface area contributed by atoms with E-state index >= 15 is 0 Å². The number of rotatable bonds is 5. The Kier molecular flexibility index (Phi) is 5.99. The molecular weight excluding hydrogens is 383 g/mol. The molecule has 0 heterocycles. The molecule has 0 aliphatic rings. The van der Waals surface area contributed by atoms with E-state index in [-0.39, 0.29) is 22.0 Å². The van der Waals surface area contributed by atoms with Crippen molar-refractivity contribution in [3.05, 3.63) is 58.9 Å². The fourth-order valence-corrected chi connectivity index (χ4v) is 3.46. The second kappa shape index (κ2) is 7.84. The molecule has 2 amide bonds. The highest BCUT2D eigenvalue weighted by Gasteiger charge is 2.19. The predicted molar refractivity (Wildman–Crippen MR) is 96.6 cm³/mol. The Hall–Kier alpha value is -2.45. The lowest BCUT2D eigenvalue weighted by Crippen LogP contribution is -2.35. The molecule has 0 saturated heterocycles. The summed E-state index contributed by atoms with van der Waals surface area (Å²) in [5.74, 6) is -1.45. The van der Waals surface area contributed by atoms with Gasteiger partial charge >= 0.3 is 0 Å². The molecule has 1 N–H and O–H groups in total. The van der Waals surface area contributed by atoms with E-state index in [9.17, 15) is 22.4 Å². The van der Waals surface area contributed by atoms with Gasteiger partial charge in [0.15, 0.2) is 9.84 Å². The minimum atomic E-state index is -3.60. The van der Waals surface area contributed by atoms with Gasteiger partial charge in [-0.05, 0) is 42.5 Å². The number of amides is 2. The van der Waals surface area contributed by atoms with E-state index in [1.807, 2.05) is 0 Å². The summed E-state index contributed by atoms with van der Waals surface area (Å²) in [6.07, 6.45) is 0.988. The molecule has 26 heavy (non-hydrogen) atoms. The third-order valence-corrected chi connectivity index (χ3v) is 5.01. The zero-order valence-electron chi connectivity index (χ0n) is 14.0. The van der Waals surface area contributed by atoms with E-state index in [4.69, 9.17) is 11.6 Å². The normalized spacial score (nSPS) is 11.1. The Bertz CT molecular complexity index is 946. The molecular formula is C17H16ClFN2O4S. The third kappa shape index (κ3) is 5.03. The smallest absolute Gasteiger partial charge is 0.254 e. The van der Waals surface area contributed by atoms with Crippen LogP contribution in [0, 0.1) is 5.82 Å². The Balaban J connectivity index is 2.09. The minimum absolute atomic E-state index is 0.0146. The van der Waals surface area contributed by atoms with Gasteiger partial charge in [0, 0.05) is 24.6 Å². The van der Waals surface area contributed by atoms with Gasteiger partial charge in [0.05, 0.1) is 16.5 Å². The molecule has 0 unspecified atom stereocenters. The first-order valence-corrected chi connectivity index (χ1v) is 9.65. The summed E-state index contributed by atoms with van der Waals surface area (Å²) in [6, 6.07) is 9.06. The second-order valence-corrected chi connectivity index (χ2v) is 8.03. The lowest BCUT2D eigenvalue weighted by Gasteiger charge is -2.17. The van der Waals surface area contributed by atoms with Gasteiger partial charge in [-0.25, -0.2) is 12.8 Å². The molecule has 0 radical (unpaired) electrons. The topological polar surface area (TPSA) is 83.6 Å². The van der Waals surface area contributed by atoms with E-state index in [2.05, 4.69) is 5.32 Å². The molecule has 9 heteroatoms. The highest BCUT2D eigenvalue weighted by Crippen LogP contribution is 2.23. The van der Waals surface area contributed by atoms with Gasteiger partial charge in [-0.3, -0.25) is 9.59 Å². The van der Waals surface area contributed by atoms with Crippen LogP contribution in [0.25, 0.3) is 0 Å². The monoisotopic (exact) mass is 398 g/mol. The van der Waals surface area contributed by atoms with Crippen LogP contribution in [0.3, 0.4) is 0 Å². The number of carbonyl (C=O) groups excluding carboxylic acids is 2. The number of benzene rings is 2. The number of anilines is 1. The molecule has 0 bridgehead atoms. The van der Waals surface area contributed by atoms with Crippen LogP contribution in [0.5, 0.6) is 0 Å². The van der Waals surface area contributed by atoms with E-state index in [0.29, 0.717) is 5.69 Å². The highest BCUT2D eigenvalue weighted by molar-refractivity contribution is 7.90. The molecule has 0 saturated carbocycles. The van der Waals surface area contributed by atoms with Crippen molar-refractivity contribution in [1.29, 1.82) is 0 Å². The van der Waals surface area contributed by atoms with Crippen molar-refractivity contribution in [1.82, 2.24) is 4.90 Å². The summed E-state index contributed by atoms with van der Waals surface area (Å²) in [7, 11) is -2.19. The number of nitrogens with one attached hydrogen (secondary N) is 1. The Morgan fingerprint density at radius 3 is 2.35 bits per heavy atom. The predicted octanol–water partition coefficient (Wildman–Crippen LogP) is 2.59. The molecule has 0 aliphatic carbocycles. The van der Waals surface area contributed by atoms with Crippen LogP contribution in [0.2, 0.25) is 5.02 Å². The quantitative estimate of drug-likeness (QED) is 0.839. The lowest BCUT2D eigenvalue weighted by atomic mass is 10.2. The van der Waals surface area contributed by atoms with E-state index < -0.39 is 27.5 Å². The first-order valence-electron chi connectivity index (χ1n) is 7.38. The molecule has 2 aromatic rings. The minimum Gasteiger partial charge on any atom is -0.332 e. The van der Waals surface area contributed by atoms with Gasteiger partial charge < -0.3 is 10.2 Å². The number of hydrogen-bond acceptors (Lipinski definition) is 4. The van der Waals surface area contributed by atoms with Crippen molar-refractivity contribution in [2.45, 2.75) is 4.90 Å². The van der Waals surface area contributed by atoms with Crippen LogP contribution in [-0.2, 0) is 14.6 Å². The van der Waals surface area contributed by atoms with Crippen molar-refractivity contribution in [2.75, 3.05) is 25.2 Å². The van der Waals surface area contributed by atoms with Gasteiger partial charge in [0.25, 0.3) is 5.91 Å². The van der Waals surface area contributed by atoms with Crippen LogP contribution in [0.4, 0.5) is 10.1 Å². The summed E-state index contributed by atoms with van der Waals surface area (Å²) < 4.78 is 36.3. The van der Waals surface area contributed by atoms with Gasteiger partial charge in [0.2, 0.25) is 5.91 Å². The van der Waals surface area contributed by atoms with Crippen molar-refractivity contribution in [3.63, 3.8) is 0 Å². The standard InChI is InChI=1S/C17H16ClFN2O4S/c1-21(10-16(22)20-13-6-4-12(19)5-7-13)17(23)11-3-8-14(18)15(9-11)26(2,24)25/h3-9H,10H2,1-2H3,(H,20,22). The Morgan fingerprint density at radius 2 is 1.77 bits per heavy atom. The number of halogens is 2. The van der Waals surface area contributed by atoms with Crippen LogP contribution >= 0.6 is 11.6 Å². The molecule has 0 fully saturated rings. The average molecular weight is 399 g/mol. The SMILES string of the molecule is CN(CC(=O)Nc1ccc(F)cc1)C(=O)c1ccc(Cl)c(S(C)(=O)=O)c1. The van der Waals surface area contributed by atoms with Gasteiger partial charge in [-0.2, -0.15) is 0 Å². The van der Waals surface area contributed by atoms with E-state index in [1.165, 1.54) is 49.5 Å². The molecule has 6 nitrogen and oxygen atoms in total. The number of hydrogen-bond donors (Lipinski definition) is 1. The first kappa shape index (κ1) is 19.9. The maximum absolute atomic E-state index is 12.9. The zero-order valence-corrected chi connectivity index (χ0v) is 15.6. The molecule has 0 atom stereocenters. The number of carbonyl (C=O) groups is 2. The van der Waals surface area contributed by atoms with E-state index in [1.54, 1.807) is 0 Å². The van der Waals surface area contributed by atoms with Crippen LogP contribution in [-0.4, -0.2) is 45.0 Å². The Labute approximate surface area is 155 Å². The second-order valence-electron chi connectivity index (χ2n) is 5.63. The summed E-state index contributed by atoms with van der Waals surface area (Å²) in [6.45, 7) is -0.271. The number of likely N-dealkylation sites (N-methyl/N-ethyl adjacent to an activating group) is 1.